The highest BCUT2D eigenvalue weighted by Crippen LogP contribution is 2.31. The Morgan fingerprint density at radius 2 is 1.95 bits per heavy atom. The van der Waals surface area contributed by atoms with Crippen LogP contribution in [-0.2, 0) is 4.79 Å². The number of hydrogen-bond acceptors (Lipinski definition) is 3. The lowest BCUT2D eigenvalue weighted by molar-refractivity contribution is -0.147. The molecule has 0 aromatic heterocycles. The van der Waals surface area contributed by atoms with Gasteiger partial charge in [-0.2, -0.15) is 0 Å². The first kappa shape index (κ1) is 13.7. The van der Waals surface area contributed by atoms with E-state index in [1.165, 1.54) is 0 Å². The largest absolute Gasteiger partial charge is 0.481 e. The van der Waals surface area contributed by atoms with Crippen molar-refractivity contribution in [2.45, 2.75) is 32.2 Å². The molecule has 2 unspecified atom stereocenters. The quantitative estimate of drug-likeness (QED) is 0.777. The van der Waals surface area contributed by atoms with Crippen LogP contribution >= 0.6 is 0 Å². The molecule has 6 nitrogen and oxygen atoms in total. The molecule has 6 heteroatoms. The fourth-order valence-corrected chi connectivity index (χ4v) is 3.69. The molecular weight excluding hydrogens is 258 g/mol. The van der Waals surface area contributed by atoms with E-state index in [2.05, 4.69) is 10.2 Å². The Bertz CT molecular complexity index is 420. The summed E-state index contributed by atoms with van der Waals surface area (Å²) in [6, 6.07) is 0.149. The first-order valence-electron chi connectivity index (χ1n) is 7.49. The number of fused-ring (bicyclic) bond motifs is 3. The molecule has 0 saturated carbocycles. The molecule has 4 fully saturated rings. The molecule has 20 heavy (non-hydrogen) atoms. The SMILES string of the molecule is CC1(C(=O)O)CCN(C(=O)NC2CN3CCC2CC3)C1. The van der Waals surface area contributed by atoms with E-state index in [0.29, 0.717) is 25.4 Å². The lowest BCUT2D eigenvalue weighted by atomic mass is 9.84. The van der Waals surface area contributed by atoms with Crippen molar-refractivity contribution in [3.05, 3.63) is 0 Å². The van der Waals surface area contributed by atoms with Gasteiger partial charge in [-0.3, -0.25) is 4.79 Å². The molecule has 2 bridgehead atoms. The van der Waals surface area contributed by atoms with Crippen LogP contribution in [0.1, 0.15) is 26.2 Å². The average molecular weight is 281 g/mol. The number of nitrogens with zero attached hydrogens (tertiary/aromatic N) is 2. The van der Waals surface area contributed by atoms with Crippen molar-refractivity contribution in [2.24, 2.45) is 11.3 Å². The Hall–Kier alpha value is -1.30. The van der Waals surface area contributed by atoms with Gasteiger partial charge in [0.2, 0.25) is 0 Å². The number of carbonyl (C=O) groups excluding carboxylic acids is 1. The number of nitrogens with one attached hydrogen (secondary N) is 1. The average Bonchev–Trinajstić information content (AvgIpc) is 2.84. The van der Waals surface area contributed by atoms with Crippen molar-refractivity contribution < 1.29 is 14.7 Å². The van der Waals surface area contributed by atoms with Gasteiger partial charge in [0.25, 0.3) is 0 Å². The smallest absolute Gasteiger partial charge is 0.317 e. The van der Waals surface area contributed by atoms with Gasteiger partial charge in [-0.25, -0.2) is 4.79 Å². The molecular formula is C14H23N3O3. The fourth-order valence-electron chi connectivity index (χ4n) is 3.69. The second-order valence-electron chi connectivity index (χ2n) is 6.73. The third-order valence-electron chi connectivity index (χ3n) is 5.24. The fraction of sp³-hybridized carbons (Fsp3) is 0.857. The van der Waals surface area contributed by atoms with E-state index in [0.717, 1.165) is 32.5 Å². The number of likely N-dealkylation sites (tertiary alicyclic amines) is 1. The van der Waals surface area contributed by atoms with Crippen LogP contribution in [-0.4, -0.2) is 65.7 Å². The highest BCUT2D eigenvalue weighted by molar-refractivity contribution is 5.79. The molecule has 2 N–H and O–H groups in total. The topological polar surface area (TPSA) is 72.9 Å². The van der Waals surface area contributed by atoms with Gasteiger partial charge in [0.1, 0.15) is 0 Å². The molecule has 0 radical (unpaired) electrons. The molecule has 4 aliphatic heterocycles. The highest BCUT2D eigenvalue weighted by atomic mass is 16.4. The zero-order valence-corrected chi connectivity index (χ0v) is 12.0. The van der Waals surface area contributed by atoms with Crippen LogP contribution in [0.25, 0.3) is 0 Å². The molecule has 0 aliphatic carbocycles. The third kappa shape index (κ3) is 2.37. The Morgan fingerprint density at radius 1 is 1.25 bits per heavy atom. The van der Waals surface area contributed by atoms with Crippen molar-refractivity contribution in [3.8, 4) is 0 Å². The number of carbonyl (C=O) groups is 2. The number of carboxylic acids is 1. The molecule has 2 atom stereocenters. The summed E-state index contributed by atoms with van der Waals surface area (Å²) in [5, 5.41) is 12.3. The van der Waals surface area contributed by atoms with Gasteiger partial charge < -0.3 is 20.2 Å². The number of rotatable bonds is 2. The summed E-state index contributed by atoms with van der Waals surface area (Å²) in [5.41, 5.74) is -0.785. The Morgan fingerprint density at radius 3 is 2.45 bits per heavy atom. The van der Waals surface area contributed by atoms with Crippen LogP contribution in [0.3, 0.4) is 0 Å². The summed E-state index contributed by atoms with van der Waals surface area (Å²) < 4.78 is 0. The maximum absolute atomic E-state index is 12.3. The zero-order valence-electron chi connectivity index (χ0n) is 12.0. The second-order valence-corrected chi connectivity index (χ2v) is 6.73. The lowest BCUT2D eigenvalue weighted by Gasteiger charge is -2.45. The molecule has 0 aromatic rings. The van der Waals surface area contributed by atoms with Crippen molar-refractivity contribution in [1.29, 1.82) is 0 Å². The number of urea groups is 1. The van der Waals surface area contributed by atoms with E-state index in [-0.39, 0.29) is 12.1 Å². The minimum Gasteiger partial charge on any atom is -0.481 e. The van der Waals surface area contributed by atoms with Gasteiger partial charge in [-0.1, -0.05) is 0 Å². The third-order valence-corrected chi connectivity index (χ3v) is 5.24. The van der Waals surface area contributed by atoms with Crippen LogP contribution in [0.5, 0.6) is 0 Å². The monoisotopic (exact) mass is 281 g/mol. The standard InChI is InChI=1S/C14H23N3O3/c1-14(12(18)19)4-7-17(9-14)13(20)15-11-8-16-5-2-10(11)3-6-16/h10-11H,2-9H2,1H3,(H,15,20)(H,18,19). The maximum Gasteiger partial charge on any atom is 0.317 e. The normalized spacial score (nSPS) is 39.9. The van der Waals surface area contributed by atoms with E-state index >= 15 is 0 Å². The predicted molar refractivity (Wildman–Crippen MR) is 73.4 cm³/mol. The number of piperidine rings is 3. The van der Waals surface area contributed by atoms with E-state index in [4.69, 9.17) is 0 Å². The number of carboxylic acid groups (broad SMARTS) is 1. The number of aliphatic carboxylic acids is 1. The summed E-state index contributed by atoms with van der Waals surface area (Å²) in [4.78, 5) is 27.6. The van der Waals surface area contributed by atoms with Gasteiger partial charge in [-0.05, 0) is 45.2 Å². The molecule has 4 rings (SSSR count). The van der Waals surface area contributed by atoms with Crippen LogP contribution in [0.15, 0.2) is 0 Å². The summed E-state index contributed by atoms with van der Waals surface area (Å²) in [7, 11) is 0. The van der Waals surface area contributed by atoms with Crippen LogP contribution < -0.4 is 5.32 Å². The second kappa shape index (κ2) is 4.91. The summed E-state index contributed by atoms with van der Waals surface area (Å²) in [6.07, 6.45) is 2.87. The zero-order chi connectivity index (χ0) is 14.3. The van der Waals surface area contributed by atoms with E-state index in [1.807, 2.05) is 0 Å². The van der Waals surface area contributed by atoms with Gasteiger partial charge in [0, 0.05) is 25.7 Å². The summed E-state index contributed by atoms with van der Waals surface area (Å²) >= 11 is 0. The van der Waals surface area contributed by atoms with Crippen LogP contribution in [0.4, 0.5) is 4.79 Å². The van der Waals surface area contributed by atoms with Crippen molar-refractivity contribution in [2.75, 3.05) is 32.7 Å². The van der Waals surface area contributed by atoms with E-state index in [1.54, 1.807) is 11.8 Å². The minimum atomic E-state index is -0.810. The Balaban J connectivity index is 1.57. The predicted octanol–water partition coefficient (Wildman–Crippen LogP) is 0.587. The number of amides is 2. The van der Waals surface area contributed by atoms with E-state index in [9.17, 15) is 14.7 Å². The molecule has 0 spiro atoms. The van der Waals surface area contributed by atoms with Gasteiger partial charge in [-0.15, -0.1) is 0 Å². The van der Waals surface area contributed by atoms with Gasteiger partial charge >= 0.3 is 12.0 Å². The summed E-state index contributed by atoms with van der Waals surface area (Å²) in [6.45, 7) is 5.82. The van der Waals surface area contributed by atoms with Crippen LogP contribution in [0.2, 0.25) is 0 Å². The molecule has 2 amide bonds. The van der Waals surface area contributed by atoms with Gasteiger partial charge in [0.05, 0.1) is 5.41 Å². The maximum atomic E-state index is 12.3. The molecule has 0 aromatic carbocycles. The Kier molecular flexibility index (Phi) is 3.36. The van der Waals surface area contributed by atoms with Crippen molar-refractivity contribution >= 4 is 12.0 Å². The Labute approximate surface area is 119 Å². The first-order chi connectivity index (χ1) is 9.48. The van der Waals surface area contributed by atoms with Crippen molar-refractivity contribution in [1.82, 2.24) is 15.1 Å². The lowest BCUT2D eigenvalue weighted by Crippen LogP contribution is -2.59. The van der Waals surface area contributed by atoms with Crippen molar-refractivity contribution in [3.63, 3.8) is 0 Å². The molecule has 4 aliphatic rings. The molecule has 4 heterocycles. The van der Waals surface area contributed by atoms with Crippen LogP contribution in [0, 0.1) is 11.3 Å². The van der Waals surface area contributed by atoms with E-state index < -0.39 is 11.4 Å². The highest BCUT2D eigenvalue weighted by Gasteiger charge is 2.43. The first-order valence-corrected chi connectivity index (χ1v) is 7.49. The summed E-state index contributed by atoms with van der Waals surface area (Å²) in [5.74, 6) is -0.215. The molecule has 112 valence electrons. The molecule has 4 saturated heterocycles. The number of hydrogen-bond donors (Lipinski definition) is 2. The minimum absolute atomic E-state index is 0.0891. The van der Waals surface area contributed by atoms with Gasteiger partial charge in [0.15, 0.2) is 0 Å².